The Hall–Kier alpha value is -2.24. The summed E-state index contributed by atoms with van der Waals surface area (Å²) >= 11 is 1.69. The van der Waals surface area contributed by atoms with Gasteiger partial charge in [-0.25, -0.2) is 4.98 Å². The predicted octanol–water partition coefficient (Wildman–Crippen LogP) is 4.82. The molecule has 2 N–H and O–H groups in total. The van der Waals surface area contributed by atoms with Gasteiger partial charge in [-0.2, -0.15) is 0 Å². The first-order valence-corrected chi connectivity index (χ1v) is 10.1. The highest BCUT2D eigenvalue weighted by molar-refractivity contribution is 7.21. The van der Waals surface area contributed by atoms with Crippen LogP contribution in [-0.2, 0) is 4.79 Å². The summed E-state index contributed by atoms with van der Waals surface area (Å²) in [4.78, 5) is 16.8. The van der Waals surface area contributed by atoms with Crippen LogP contribution in [0.2, 0.25) is 0 Å². The van der Waals surface area contributed by atoms with E-state index in [1.807, 2.05) is 42.5 Å². The van der Waals surface area contributed by atoms with E-state index in [1.165, 1.54) is 36.8 Å². The van der Waals surface area contributed by atoms with Crippen molar-refractivity contribution in [3.8, 4) is 10.6 Å². The summed E-state index contributed by atoms with van der Waals surface area (Å²) < 4.78 is 1.19. The summed E-state index contributed by atoms with van der Waals surface area (Å²) in [6.45, 7) is 0.379. The highest BCUT2D eigenvalue weighted by Gasteiger charge is 2.14. The van der Waals surface area contributed by atoms with Gasteiger partial charge in [-0.1, -0.05) is 31.4 Å². The number of nitrogens with zero attached hydrogens (tertiary/aromatic N) is 1. The SMILES string of the molecule is O=C(CNC1CCCCC1)Nc1ccc(-c2nc3ccccc3s2)cc1. The second-order valence-corrected chi connectivity index (χ2v) is 7.86. The van der Waals surface area contributed by atoms with Gasteiger partial charge < -0.3 is 10.6 Å². The van der Waals surface area contributed by atoms with E-state index in [2.05, 4.69) is 21.7 Å². The van der Waals surface area contributed by atoms with E-state index in [0.29, 0.717) is 12.6 Å². The van der Waals surface area contributed by atoms with Crippen LogP contribution in [0.4, 0.5) is 5.69 Å². The smallest absolute Gasteiger partial charge is 0.238 e. The van der Waals surface area contributed by atoms with E-state index in [4.69, 9.17) is 0 Å². The lowest BCUT2D eigenvalue weighted by Gasteiger charge is -2.22. The minimum Gasteiger partial charge on any atom is -0.325 e. The number of carbonyl (C=O) groups excluding carboxylic acids is 1. The molecule has 1 aliphatic carbocycles. The molecule has 0 saturated heterocycles. The summed E-state index contributed by atoms with van der Waals surface area (Å²) in [7, 11) is 0. The van der Waals surface area contributed by atoms with Crippen molar-refractivity contribution in [2.45, 2.75) is 38.1 Å². The average molecular weight is 366 g/mol. The zero-order valence-electron chi connectivity index (χ0n) is 14.7. The van der Waals surface area contributed by atoms with Crippen molar-refractivity contribution in [2.24, 2.45) is 0 Å². The van der Waals surface area contributed by atoms with Gasteiger partial charge in [0.1, 0.15) is 5.01 Å². The lowest BCUT2D eigenvalue weighted by molar-refractivity contribution is -0.115. The summed E-state index contributed by atoms with van der Waals surface area (Å²) in [5.41, 5.74) is 2.92. The number of benzene rings is 2. The monoisotopic (exact) mass is 365 g/mol. The predicted molar refractivity (Wildman–Crippen MR) is 109 cm³/mol. The molecule has 5 heteroatoms. The first-order valence-electron chi connectivity index (χ1n) is 9.27. The molecule has 1 aromatic heterocycles. The van der Waals surface area contributed by atoms with E-state index in [9.17, 15) is 4.79 Å². The van der Waals surface area contributed by atoms with Crippen LogP contribution in [0.5, 0.6) is 0 Å². The Morgan fingerprint density at radius 3 is 2.58 bits per heavy atom. The molecule has 0 unspecified atom stereocenters. The van der Waals surface area contributed by atoms with Crippen LogP contribution in [0.1, 0.15) is 32.1 Å². The van der Waals surface area contributed by atoms with Gasteiger partial charge >= 0.3 is 0 Å². The molecular weight excluding hydrogens is 342 g/mol. The number of thiazole rings is 1. The lowest BCUT2D eigenvalue weighted by Crippen LogP contribution is -2.37. The molecule has 1 amide bonds. The van der Waals surface area contributed by atoms with Crippen molar-refractivity contribution >= 4 is 33.1 Å². The molecule has 26 heavy (non-hydrogen) atoms. The second-order valence-electron chi connectivity index (χ2n) is 6.83. The normalized spacial score (nSPS) is 15.2. The van der Waals surface area contributed by atoms with E-state index >= 15 is 0 Å². The molecule has 1 saturated carbocycles. The number of carbonyl (C=O) groups is 1. The van der Waals surface area contributed by atoms with E-state index < -0.39 is 0 Å². The maximum absolute atomic E-state index is 12.1. The zero-order valence-corrected chi connectivity index (χ0v) is 15.5. The minimum atomic E-state index is 0.0170. The molecular formula is C21H23N3OS. The van der Waals surface area contributed by atoms with Gasteiger partial charge in [0.2, 0.25) is 5.91 Å². The summed E-state index contributed by atoms with van der Waals surface area (Å²) in [6, 6.07) is 16.6. The van der Waals surface area contributed by atoms with E-state index in [-0.39, 0.29) is 5.91 Å². The van der Waals surface area contributed by atoms with Gasteiger partial charge in [0.25, 0.3) is 0 Å². The Balaban J connectivity index is 1.35. The number of nitrogens with one attached hydrogen (secondary N) is 2. The Kier molecular flexibility index (Phi) is 5.27. The maximum atomic E-state index is 12.1. The van der Waals surface area contributed by atoms with Crippen LogP contribution >= 0.6 is 11.3 Å². The fraction of sp³-hybridized carbons (Fsp3) is 0.333. The Labute approximate surface area is 157 Å². The standard InChI is InChI=1S/C21H23N3OS/c25-20(14-22-16-6-2-1-3-7-16)23-17-12-10-15(11-13-17)21-24-18-8-4-5-9-19(18)26-21/h4-5,8-13,16,22H,1-3,6-7,14H2,(H,23,25). The molecule has 1 heterocycles. The van der Waals surface area contributed by atoms with Crippen LogP contribution in [0.3, 0.4) is 0 Å². The quantitative estimate of drug-likeness (QED) is 0.681. The third kappa shape index (κ3) is 4.11. The van der Waals surface area contributed by atoms with Crippen LogP contribution in [-0.4, -0.2) is 23.5 Å². The van der Waals surface area contributed by atoms with E-state index in [1.54, 1.807) is 11.3 Å². The molecule has 1 aliphatic rings. The summed E-state index contributed by atoms with van der Waals surface area (Å²) in [5, 5.41) is 7.34. The molecule has 3 aromatic rings. The largest absolute Gasteiger partial charge is 0.325 e. The van der Waals surface area contributed by atoms with Crippen molar-refractivity contribution in [3.05, 3.63) is 48.5 Å². The van der Waals surface area contributed by atoms with Gasteiger partial charge in [0.05, 0.1) is 16.8 Å². The average Bonchev–Trinajstić information content (AvgIpc) is 3.12. The van der Waals surface area contributed by atoms with Crippen molar-refractivity contribution in [2.75, 3.05) is 11.9 Å². The number of fused-ring (bicyclic) bond motifs is 1. The molecule has 4 rings (SSSR count). The van der Waals surface area contributed by atoms with Crippen molar-refractivity contribution < 1.29 is 4.79 Å². The van der Waals surface area contributed by atoms with Crippen LogP contribution in [0, 0.1) is 0 Å². The highest BCUT2D eigenvalue weighted by atomic mass is 32.1. The van der Waals surface area contributed by atoms with Gasteiger partial charge in [0, 0.05) is 17.3 Å². The first kappa shape index (κ1) is 17.2. The molecule has 2 aromatic carbocycles. The molecule has 0 aliphatic heterocycles. The topological polar surface area (TPSA) is 54.0 Å². The van der Waals surface area contributed by atoms with Crippen LogP contribution in [0.15, 0.2) is 48.5 Å². The van der Waals surface area contributed by atoms with Gasteiger partial charge in [-0.15, -0.1) is 11.3 Å². The summed E-state index contributed by atoms with van der Waals surface area (Å²) in [6.07, 6.45) is 6.23. The Morgan fingerprint density at radius 2 is 1.81 bits per heavy atom. The zero-order chi connectivity index (χ0) is 17.8. The summed E-state index contributed by atoms with van der Waals surface area (Å²) in [5.74, 6) is 0.0170. The number of aromatic nitrogens is 1. The second kappa shape index (κ2) is 7.98. The van der Waals surface area contributed by atoms with Crippen molar-refractivity contribution in [3.63, 3.8) is 0 Å². The fourth-order valence-corrected chi connectivity index (χ4v) is 4.41. The maximum Gasteiger partial charge on any atom is 0.238 e. The van der Waals surface area contributed by atoms with Gasteiger partial charge in [-0.05, 0) is 49.2 Å². The minimum absolute atomic E-state index is 0.0170. The molecule has 0 bridgehead atoms. The fourth-order valence-electron chi connectivity index (χ4n) is 3.44. The molecule has 0 radical (unpaired) electrons. The highest BCUT2D eigenvalue weighted by Crippen LogP contribution is 2.30. The Bertz CT molecular complexity index is 849. The van der Waals surface area contributed by atoms with Gasteiger partial charge in [-0.3, -0.25) is 4.79 Å². The molecule has 0 spiro atoms. The molecule has 1 fully saturated rings. The number of rotatable bonds is 5. The molecule has 0 atom stereocenters. The number of hydrogen-bond acceptors (Lipinski definition) is 4. The van der Waals surface area contributed by atoms with Gasteiger partial charge in [0.15, 0.2) is 0 Å². The molecule has 4 nitrogen and oxygen atoms in total. The van der Waals surface area contributed by atoms with Crippen LogP contribution < -0.4 is 10.6 Å². The third-order valence-electron chi connectivity index (χ3n) is 4.87. The number of anilines is 1. The third-order valence-corrected chi connectivity index (χ3v) is 5.95. The first-order chi connectivity index (χ1) is 12.8. The number of para-hydroxylation sites is 1. The molecule has 134 valence electrons. The lowest BCUT2D eigenvalue weighted by atomic mass is 9.95. The van der Waals surface area contributed by atoms with Crippen molar-refractivity contribution in [1.29, 1.82) is 0 Å². The Morgan fingerprint density at radius 1 is 1.04 bits per heavy atom. The van der Waals surface area contributed by atoms with Crippen LogP contribution in [0.25, 0.3) is 20.8 Å². The van der Waals surface area contributed by atoms with Crippen molar-refractivity contribution in [1.82, 2.24) is 10.3 Å². The number of hydrogen-bond donors (Lipinski definition) is 2. The number of amides is 1. The van der Waals surface area contributed by atoms with E-state index in [0.717, 1.165) is 21.8 Å².